The van der Waals surface area contributed by atoms with Crippen LogP contribution in [0.5, 0.6) is 0 Å². The second kappa shape index (κ2) is 21.4. The predicted octanol–water partition coefficient (Wildman–Crippen LogP) is 11.6. The molecule has 396 valence electrons. The van der Waals surface area contributed by atoms with Crippen LogP contribution in [0.25, 0.3) is 44.9 Å². The van der Waals surface area contributed by atoms with Crippen molar-refractivity contribution >= 4 is 41.5 Å². The summed E-state index contributed by atoms with van der Waals surface area (Å²) in [4.78, 5) is 47.3. The minimum Gasteiger partial charge on any atom is -0.444 e. The van der Waals surface area contributed by atoms with Crippen molar-refractivity contribution < 1.29 is 54.8 Å². The molecule has 2 fully saturated rings. The Balaban J connectivity index is 0.000000205. The Kier molecular flexibility index (Phi) is 15.6. The van der Waals surface area contributed by atoms with Gasteiger partial charge in [-0.05, 0) is 120 Å². The molecule has 2 aromatic carbocycles. The number of benzene rings is 2. The highest BCUT2D eigenvalue weighted by Gasteiger charge is 2.51. The zero-order valence-electron chi connectivity index (χ0n) is 43.0. The average Bonchev–Trinajstić information content (AvgIpc) is 4.14. The number of aromatic nitrogens is 6. The lowest BCUT2D eigenvalue weighted by atomic mass is 9.80. The minimum absolute atomic E-state index is 0.0350. The van der Waals surface area contributed by atoms with Gasteiger partial charge in [0.05, 0.1) is 60.1 Å². The Morgan fingerprint density at radius 3 is 1.68 bits per heavy atom. The van der Waals surface area contributed by atoms with Crippen LogP contribution in [0.15, 0.2) is 110 Å². The van der Waals surface area contributed by atoms with Gasteiger partial charge in [0.2, 0.25) is 0 Å². The van der Waals surface area contributed by atoms with E-state index in [1.807, 2.05) is 135 Å². The van der Waals surface area contributed by atoms with Gasteiger partial charge in [0.1, 0.15) is 28.5 Å². The second-order valence-corrected chi connectivity index (χ2v) is 21.2. The number of pyridine rings is 2. The Morgan fingerprint density at radius 2 is 1.17 bits per heavy atom. The third-order valence-electron chi connectivity index (χ3n) is 13.6. The molecular weight excluding hydrogens is 979 g/mol. The SMILES string of the molecule is CC(C)(C)OC(=O)N1CCC(n2cc(-c3ccn4c(-c5cccc(CC(=O)CCC(F)(F)F)c5)cnc4c3)cn2)CC1.CC1(C)OB(c2ccn3c(-c4cccc(CC(=O)CCC(F)(F)F)c4)cnc3c2)OC1(C)C. The van der Waals surface area contributed by atoms with Crippen molar-refractivity contribution in [1.29, 1.82) is 0 Å². The Morgan fingerprint density at radius 1 is 0.667 bits per heavy atom. The van der Waals surface area contributed by atoms with Gasteiger partial charge in [-0.3, -0.25) is 23.1 Å². The molecule has 5 aromatic heterocycles. The topological polar surface area (TPSA) is 135 Å². The maximum Gasteiger partial charge on any atom is 0.495 e. The quantitative estimate of drug-likeness (QED) is 0.0817. The van der Waals surface area contributed by atoms with Gasteiger partial charge in [-0.1, -0.05) is 36.4 Å². The van der Waals surface area contributed by atoms with E-state index in [4.69, 9.17) is 14.0 Å². The molecule has 7 heterocycles. The maximum atomic E-state index is 12.5. The fourth-order valence-corrected chi connectivity index (χ4v) is 8.91. The number of Topliss-reactive ketones (excluding diaryl/α,β-unsaturated/α-hetero) is 2. The molecular formula is C55H60BF6N7O6. The van der Waals surface area contributed by atoms with Gasteiger partial charge in [0.25, 0.3) is 0 Å². The van der Waals surface area contributed by atoms with Crippen molar-refractivity contribution in [2.45, 2.75) is 135 Å². The molecule has 0 radical (unpaired) electrons. The minimum atomic E-state index is -4.34. The van der Waals surface area contributed by atoms with Crippen LogP contribution < -0.4 is 5.46 Å². The van der Waals surface area contributed by atoms with Crippen molar-refractivity contribution in [1.82, 2.24) is 33.4 Å². The summed E-state index contributed by atoms with van der Waals surface area (Å²) in [5.74, 6) is -0.879. The van der Waals surface area contributed by atoms with Crippen LogP contribution in [-0.4, -0.2) is 100 Å². The zero-order valence-corrected chi connectivity index (χ0v) is 43.0. The van der Waals surface area contributed by atoms with E-state index in [0.717, 1.165) is 57.6 Å². The van der Waals surface area contributed by atoms with Crippen molar-refractivity contribution in [3.8, 4) is 33.6 Å². The fourth-order valence-electron chi connectivity index (χ4n) is 8.91. The number of carbonyl (C=O) groups excluding carboxylic acids is 3. The van der Waals surface area contributed by atoms with Gasteiger partial charge in [-0.15, -0.1) is 0 Å². The summed E-state index contributed by atoms with van der Waals surface area (Å²) >= 11 is 0. The molecule has 0 aliphatic carbocycles. The number of imidazole rings is 2. The van der Waals surface area contributed by atoms with Gasteiger partial charge >= 0.3 is 25.6 Å². The second-order valence-electron chi connectivity index (χ2n) is 21.2. The molecule has 0 atom stereocenters. The highest BCUT2D eigenvalue weighted by molar-refractivity contribution is 6.62. The van der Waals surface area contributed by atoms with E-state index in [1.165, 1.54) is 0 Å². The molecule has 75 heavy (non-hydrogen) atoms. The number of ether oxygens (including phenoxy) is 1. The summed E-state index contributed by atoms with van der Waals surface area (Å²) < 4.78 is 98.1. The van der Waals surface area contributed by atoms with Gasteiger partial charge in [0, 0.05) is 74.1 Å². The molecule has 2 aliphatic heterocycles. The Hall–Kier alpha value is -6.80. The molecule has 0 saturated carbocycles. The summed E-state index contributed by atoms with van der Waals surface area (Å²) in [6, 6.07) is 22.5. The highest BCUT2D eigenvalue weighted by atomic mass is 19.4. The summed E-state index contributed by atoms with van der Waals surface area (Å²) in [6.07, 6.45) is 0.445. The Bertz CT molecular complexity index is 3170. The van der Waals surface area contributed by atoms with Crippen molar-refractivity contribution in [2.24, 2.45) is 0 Å². The van der Waals surface area contributed by atoms with E-state index in [-0.39, 0.29) is 25.0 Å². The lowest BCUT2D eigenvalue weighted by molar-refractivity contribution is -0.143. The molecule has 0 spiro atoms. The number of alkyl halides is 6. The van der Waals surface area contributed by atoms with E-state index >= 15 is 0 Å². The number of nitrogens with zero attached hydrogens (tertiary/aromatic N) is 7. The van der Waals surface area contributed by atoms with E-state index < -0.39 is 73.5 Å². The number of rotatable bonds is 13. The standard InChI is InChI=1S/C31H34F3N5O3.C24H26BF3N2O3/c1-30(2,3)42-29(41)37-12-9-25(10-13-37)39-20-24(18-36-39)22-8-14-38-27(19-35-28(38)17-22)23-6-4-5-21(15-23)16-26(40)7-11-31(32,33)34;1-22(2)23(3,4)33-25(32-22)18-9-11-30-20(15-29-21(30)14-18)17-7-5-6-16(12-17)13-19(31)8-10-24(26,27)28/h4-6,8,14-15,17-20,25H,7,9-13,16H2,1-3H3;5-7,9,11-12,14-15H,8,10,13H2,1-4H3. The molecule has 9 rings (SSSR count). The van der Waals surface area contributed by atoms with Crippen LogP contribution in [0, 0.1) is 0 Å². The number of fused-ring (bicyclic) bond motifs is 2. The van der Waals surface area contributed by atoms with Crippen LogP contribution in [-0.2, 0) is 36.5 Å². The third-order valence-corrected chi connectivity index (χ3v) is 13.6. The number of hydrogen-bond donors (Lipinski definition) is 0. The molecule has 13 nitrogen and oxygen atoms in total. The molecule has 0 unspecified atom stereocenters. The summed E-state index contributed by atoms with van der Waals surface area (Å²) in [5.41, 5.74) is 7.42. The normalized spacial score (nSPS) is 16.1. The van der Waals surface area contributed by atoms with Gasteiger partial charge in [-0.25, -0.2) is 14.8 Å². The first kappa shape index (κ1) is 54.5. The summed E-state index contributed by atoms with van der Waals surface area (Å²) in [7, 11) is -0.494. The molecule has 0 N–H and O–H groups in total. The first-order valence-corrected chi connectivity index (χ1v) is 24.9. The largest absolute Gasteiger partial charge is 0.495 e. The van der Waals surface area contributed by atoms with Gasteiger partial charge < -0.3 is 18.9 Å². The summed E-state index contributed by atoms with van der Waals surface area (Å²) in [5, 5.41) is 4.60. The zero-order chi connectivity index (χ0) is 54.1. The molecule has 7 aromatic rings. The summed E-state index contributed by atoms with van der Waals surface area (Å²) in [6.45, 7) is 14.8. The van der Waals surface area contributed by atoms with Crippen molar-refractivity contribution in [3.63, 3.8) is 0 Å². The number of piperidine rings is 1. The van der Waals surface area contributed by atoms with Crippen LogP contribution in [0.1, 0.15) is 104 Å². The van der Waals surface area contributed by atoms with Gasteiger partial charge in [0.15, 0.2) is 0 Å². The first-order chi connectivity index (χ1) is 35.2. The highest BCUT2D eigenvalue weighted by Crippen LogP contribution is 2.37. The molecule has 1 amide bonds. The molecule has 2 saturated heterocycles. The van der Waals surface area contributed by atoms with Crippen LogP contribution in [0.3, 0.4) is 0 Å². The van der Waals surface area contributed by atoms with Crippen LogP contribution >= 0.6 is 0 Å². The smallest absolute Gasteiger partial charge is 0.444 e. The number of carbonyl (C=O) groups is 3. The number of halogens is 6. The van der Waals surface area contributed by atoms with Crippen LogP contribution in [0.4, 0.5) is 31.1 Å². The molecule has 0 bridgehead atoms. The third kappa shape index (κ3) is 13.7. The monoisotopic (exact) mass is 1040 g/mol. The van der Waals surface area contributed by atoms with Crippen molar-refractivity contribution in [2.75, 3.05) is 13.1 Å². The number of likely N-dealkylation sites (tertiary alicyclic amines) is 1. The van der Waals surface area contributed by atoms with Gasteiger partial charge in [-0.2, -0.15) is 31.4 Å². The number of amides is 1. The van der Waals surface area contributed by atoms with E-state index in [1.54, 1.807) is 41.6 Å². The number of hydrogen-bond acceptors (Lipinski definition) is 9. The lowest BCUT2D eigenvalue weighted by Crippen LogP contribution is -2.42. The number of ketones is 2. The maximum absolute atomic E-state index is 12.5. The lowest BCUT2D eigenvalue weighted by Gasteiger charge is -2.33. The molecule has 2 aliphatic rings. The van der Waals surface area contributed by atoms with E-state index in [9.17, 15) is 40.7 Å². The predicted molar refractivity (Wildman–Crippen MR) is 272 cm³/mol. The van der Waals surface area contributed by atoms with Crippen LogP contribution in [0.2, 0.25) is 0 Å². The Labute approximate surface area is 431 Å². The van der Waals surface area contributed by atoms with E-state index in [0.29, 0.717) is 29.9 Å². The fraction of sp³-hybridized carbons (Fsp3) is 0.418. The van der Waals surface area contributed by atoms with E-state index in [2.05, 4.69) is 15.1 Å². The van der Waals surface area contributed by atoms with Crippen molar-refractivity contribution in [3.05, 3.63) is 121 Å². The first-order valence-electron chi connectivity index (χ1n) is 24.9. The average molecular weight is 1040 g/mol. The molecule has 20 heteroatoms.